The number of carbonyl (C=O) groups is 1. The molecule has 0 aliphatic carbocycles. The Hall–Kier alpha value is -2.21. The fourth-order valence-electron chi connectivity index (χ4n) is 4.13. The molecule has 2 saturated heterocycles. The first-order chi connectivity index (χ1) is 11.7. The Bertz CT molecular complexity index is 728. The van der Waals surface area contributed by atoms with Gasteiger partial charge >= 0.3 is 0 Å². The van der Waals surface area contributed by atoms with E-state index in [0.29, 0.717) is 0 Å². The number of piperidine rings is 1. The van der Waals surface area contributed by atoms with Crippen LogP contribution in [-0.2, 0) is 18.4 Å². The van der Waals surface area contributed by atoms with Crippen molar-refractivity contribution in [2.75, 3.05) is 24.5 Å². The third-order valence-corrected chi connectivity index (χ3v) is 5.29. The minimum atomic E-state index is -0.226. The number of likely N-dealkylation sites (tertiary alicyclic amines) is 1. The third-order valence-electron chi connectivity index (χ3n) is 5.29. The molecule has 0 saturated carbocycles. The normalized spacial score (nSPS) is 24.9. The smallest absolute Gasteiger partial charge is 0.234 e. The van der Waals surface area contributed by atoms with Crippen molar-refractivity contribution in [3.63, 3.8) is 0 Å². The molecule has 0 radical (unpaired) electrons. The van der Waals surface area contributed by atoms with Gasteiger partial charge in [0.25, 0.3) is 0 Å². The van der Waals surface area contributed by atoms with E-state index < -0.39 is 0 Å². The van der Waals surface area contributed by atoms with Gasteiger partial charge in [-0.1, -0.05) is 0 Å². The van der Waals surface area contributed by atoms with Gasteiger partial charge in [0.15, 0.2) is 0 Å². The molecule has 126 valence electrons. The highest BCUT2D eigenvalue weighted by Crippen LogP contribution is 2.41. The molecule has 2 aliphatic rings. The molecular formula is C18H23N5O. The second-order valence-corrected chi connectivity index (χ2v) is 7.03. The molecule has 24 heavy (non-hydrogen) atoms. The fourth-order valence-corrected chi connectivity index (χ4v) is 4.13. The van der Waals surface area contributed by atoms with Crippen LogP contribution in [0.2, 0.25) is 0 Å². The number of rotatable bonds is 3. The molecule has 0 aromatic carbocycles. The average molecular weight is 325 g/mol. The van der Waals surface area contributed by atoms with E-state index in [1.165, 1.54) is 5.56 Å². The van der Waals surface area contributed by atoms with Crippen molar-refractivity contribution in [3.05, 3.63) is 42.5 Å². The maximum absolute atomic E-state index is 13.1. The van der Waals surface area contributed by atoms with Crippen molar-refractivity contribution in [1.82, 2.24) is 19.7 Å². The SMILES string of the molecule is Cn1cc(CN2CCC[C@@]3(CCN(c4cccnc4)C3=O)C2)cn1. The van der Waals surface area contributed by atoms with Gasteiger partial charge in [-0.25, -0.2) is 0 Å². The molecule has 1 atom stereocenters. The largest absolute Gasteiger partial charge is 0.310 e. The highest BCUT2D eigenvalue weighted by molar-refractivity contribution is 6.00. The van der Waals surface area contributed by atoms with Crippen LogP contribution in [-0.4, -0.2) is 45.2 Å². The minimum absolute atomic E-state index is 0.226. The second-order valence-electron chi connectivity index (χ2n) is 7.03. The Morgan fingerprint density at radius 2 is 2.17 bits per heavy atom. The predicted molar refractivity (Wildman–Crippen MR) is 91.4 cm³/mol. The van der Waals surface area contributed by atoms with Gasteiger partial charge in [0.1, 0.15) is 0 Å². The topological polar surface area (TPSA) is 54.3 Å². The lowest BCUT2D eigenvalue weighted by atomic mass is 9.78. The first-order valence-corrected chi connectivity index (χ1v) is 8.58. The van der Waals surface area contributed by atoms with Gasteiger partial charge in [-0.3, -0.25) is 19.4 Å². The summed E-state index contributed by atoms with van der Waals surface area (Å²) in [6.07, 6.45) is 10.5. The number of anilines is 1. The number of pyridine rings is 1. The van der Waals surface area contributed by atoms with E-state index in [1.54, 1.807) is 12.4 Å². The molecule has 4 heterocycles. The van der Waals surface area contributed by atoms with Gasteiger partial charge in [-0.05, 0) is 37.9 Å². The van der Waals surface area contributed by atoms with Crippen LogP contribution in [0, 0.1) is 5.41 Å². The van der Waals surface area contributed by atoms with Gasteiger partial charge in [-0.2, -0.15) is 5.10 Å². The summed E-state index contributed by atoms with van der Waals surface area (Å²) in [6, 6.07) is 3.86. The Kier molecular flexibility index (Phi) is 3.84. The van der Waals surface area contributed by atoms with Crippen LogP contribution < -0.4 is 4.90 Å². The summed E-state index contributed by atoms with van der Waals surface area (Å²) >= 11 is 0. The summed E-state index contributed by atoms with van der Waals surface area (Å²) < 4.78 is 1.83. The van der Waals surface area contributed by atoms with Gasteiger partial charge in [0.2, 0.25) is 5.91 Å². The van der Waals surface area contributed by atoms with Crippen molar-refractivity contribution in [3.8, 4) is 0 Å². The molecule has 2 aromatic heterocycles. The maximum atomic E-state index is 13.1. The van der Waals surface area contributed by atoms with E-state index >= 15 is 0 Å². The fraction of sp³-hybridized carbons (Fsp3) is 0.500. The van der Waals surface area contributed by atoms with Crippen LogP contribution in [0.3, 0.4) is 0 Å². The monoisotopic (exact) mass is 325 g/mol. The summed E-state index contributed by atoms with van der Waals surface area (Å²) in [4.78, 5) is 21.6. The van der Waals surface area contributed by atoms with Crippen molar-refractivity contribution < 1.29 is 4.79 Å². The molecule has 0 bridgehead atoms. The Morgan fingerprint density at radius 1 is 1.25 bits per heavy atom. The lowest BCUT2D eigenvalue weighted by molar-refractivity contribution is -0.128. The summed E-state index contributed by atoms with van der Waals surface area (Å²) in [5, 5.41) is 4.25. The zero-order valence-electron chi connectivity index (χ0n) is 14.1. The molecule has 1 amide bonds. The van der Waals surface area contributed by atoms with Crippen LogP contribution in [0.25, 0.3) is 0 Å². The summed E-state index contributed by atoms with van der Waals surface area (Å²) in [7, 11) is 1.94. The summed E-state index contributed by atoms with van der Waals surface area (Å²) in [5.74, 6) is 0.270. The predicted octanol–water partition coefficient (Wildman–Crippen LogP) is 1.83. The maximum Gasteiger partial charge on any atom is 0.234 e. The number of carbonyl (C=O) groups excluding carboxylic acids is 1. The highest BCUT2D eigenvalue weighted by Gasteiger charge is 2.49. The Morgan fingerprint density at radius 3 is 2.92 bits per heavy atom. The van der Waals surface area contributed by atoms with Gasteiger partial charge in [0.05, 0.1) is 23.5 Å². The molecule has 6 nitrogen and oxygen atoms in total. The van der Waals surface area contributed by atoms with Crippen LogP contribution >= 0.6 is 0 Å². The quantitative estimate of drug-likeness (QED) is 0.864. The number of hydrogen-bond donors (Lipinski definition) is 0. The molecule has 0 N–H and O–H groups in total. The summed E-state index contributed by atoms with van der Waals surface area (Å²) in [6.45, 7) is 3.56. The number of nitrogens with zero attached hydrogens (tertiary/aromatic N) is 5. The molecule has 0 unspecified atom stereocenters. The first-order valence-electron chi connectivity index (χ1n) is 8.58. The standard InChI is InChI=1S/C18H23N5O/c1-21-12-15(10-20-21)13-22-8-3-5-18(14-22)6-9-23(17(18)24)16-4-2-7-19-11-16/h2,4,7,10-12H,3,5-6,8-9,13-14H2,1H3/t18-/m1/s1. The van der Waals surface area contributed by atoms with E-state index in [4.69, 9.17) is 0 Å². The van der Waals surface area contributed by atoms with Crippen LogP contribution in [0.1, 0.15) is 24.8 Å². The van der Waals surface area contributed by atoms with Crippen molar-refractivity contribution in [2.45, 2.75) is 25.8 Å². The van der Waals surface area contributed by atoms with E-state index in [9.17, 15) is 4.79 Å². The highest BCUT2D eigenvalue weighted by atomic mass is 16.2. The minimum Gasteiger partial charge on any atom is -0.310 e. The zero-order valence-corrected chi connectivity index (χ0v) is 14.1. The van der Waals surface area contributed by atoms with Gasteiger partial charge in [-0.15, -0.1) is 0 Å². The molecule has 2 fully saturated rings. The number of amides is 1. The van der Waals surface area contributed by atoms with Gasteiger partial charge in [0, 0.05) is 44.6 Å². The van der Waals surface area contributed by atoms with Crippen molar-refractivity contribution in [2.24, 2.45) is 12.5 Å². The molecule has 6 heteroatoms. The molecule has 1 spiro atoms. The van der Waals surface area contributed by atoms with Crippen LogP contribution in [0.5, 0.6) is 0 Å². The number of aromatic nitrogens is 3. The number of hydrogen-bond acceptors (Lipinski definition) is 4. The second kappa shape index (κ2) is 6.02. The van der Waals surface area contributed by atoms with Crippen LogP contribution in [0.15, 0.2) is 36.9 Å². The zero-order chi connectivity index (χ0) is 16.6. The van der Waals surface area contributed by atoms with E-state index in [0.717, 1.165) is 51.1 Å². The van der Waals surface area contributed by atoms with Crippen LogP contribution in [0.4, 0.5) is 5.69 Å². The molecule has 2 aliphatic heterocycles. The van der Waals surface area contributed by atoms with Crippen molar-refractivity contribution in [1.29, 1.82) is 0 Å². The van der Waals surface area contributed by atoms with E-state index in [-0.39, 0.29) is 11.3 Å². The lowest BCUT2D eigenvalue weighted by Crippen LogP contribution is -2.47. The Labute approximate surface area is 142 Å². The first kappa shape index (κ1) is 15.3. The Balaban J connectivity index is 1.49. The average Bonchev–Trinajstić information content (AvgIpc) is 3.13. The third kappa shape index (κ3) is 2.71. The van der Waals surface area contributed by atoms with E-state index in [1.807, 2.05) is 35.0 Å². The van der Waals surface area contributed by atoms with E-state index in [2.05, 4.69) is 21.2 Å². The lowest BCUT2D eigenvalue weighted by Gasteiger charge is -2.38. The molecule has 4 rings (SSSR count). The molecular weight excluding hydrogens is 302 g/mol. The molecule has 2 aromatic rings. The van der Waals surface area contributed by atoms with Gasteiger partial charge < -0.3 is 4.90 Å². The van der Waals surface area contributed by atoms with Crippen molar-refractivity contribution >= 4 is 11.6 Å². The number of aryl methyl sites for hydroxylation is 1. The summed E-state index contributed by atoms with van der Waals surface area (Å²) in [5.41, 5.74) is 1.91.